The summed E-state index contributed by atoms with van der Waals surface area (Å²) in [5.41, 5.74) is 0.598. The first-order valence-corrected chi connectivity index (χ1v) is 11.9. The maximum atomic E-state index is 13.4. The number of likely N-dealkylation sites (N-methyl/N-ethyl adjacent to an activating group) is 1. The molecule has 11 heteroatoms. The lowest BCUT2D eigenvalue weighted by molar-refractivity contribution is -0.137. The van der Waals surface area contributed by atoms with Gasteiger partial charge in [0, 0.05) is 38.3 Å². The van der Waals surface area contributed by atoms with Gasteiger partial charge in [0.05, 0.1) is 24.9 Å². The molecule has 0 saturated carbocycles. The van der Waals surface area contributed by atoms with Crippen molar-refractivity contribution in [1.82, 2.24) is 28.9 Å². The summed E-state index contributed by atoms with van der Waals surface area (Å²) in [7, 11) is 2.17. The minimum absolute atomic E-state index is 0.102. The predicted molar refractivity (Wildman–Crippen MR) is 125 cm³/mol. The maximum absolute atomic E-state index is 13.4. The van der Waals surface area contributed by atoms with Crippen LogP contribution in [0.3, 0.4) is 0 Å². The van der Waals surface area contributed by atoms with E-state index < -0.39 is 11.7 Å². The number of alkyl halides is 3. The van der Waals surface area contributed by atoms with E-state index >= 15 is 0 Å². The molecule has 0 N–H and O–H groups in total. The van der Waals surface area contributed by atoms with Gasteiger partial charge in [0.15, 0.2) is 5.65 Å². The van der Waals surface area contributed by atoms with Crippen LogP contribution in [0.5, 0.6) is 6.01 Å². The number of fused-ring (bicyclic) bond motifs is 3. The number of rotatable bonds is 8. The Bertz CT molecular complexity index is 1250. The third kappa shape index (κ3) is 4.66. The molecule has 35 heavy (non-hydrogen) atoms. The second-order valence-electron chi connectivity index (χ2n) is 9.34. The molecule has 8 nitrogen and oxygen atoms in total. The molecule has 0 spiro atoms. The minimum atomic E-state index is -4.41. The van der Waals surface area contributed by atoms with Gasteiger partial charge in [0.1, 0.15) is 5.52 Å². The molecule has 2 aliphatic rings. The van der Waals surface area contributed by atoms with Crippen molar-refractivity contribution in [2.75, 3.05) is 33.3 Å². The number of nitrogens with zero attached hydrogens (tertiary/aromatic N) is 6. The monoisotopic (exact) mass is 490 g/mol. The lowest BCUT2D eigenvalue weighted by atomic mass is 10.1. The van der Waals surface area contributed by atoms with Gasteiger partial charge in [-0.05, 0) is 44.5 Å². The number of piperazine rings is 1. The molecule has 0 radical (unpaired) electrons. The van der Waals surface area contributed by atoms with Crippen molar-refractivity contribution in [3.8, 4) is 6.01 Å². The van der Waals surface area contributed by atoms with Gasteiger partial charge < -0.3 is 9.64 Å². The molecule has 4 heterocycles. The normalized spacial score (nSPS) is 20.8. The number of ether oxygens (including phenoxy) is 1. The molecule has 2 fully saturated rings. The highest BCUT2D eigenvalue weighted by atomic mass is 19.4. The lowest BCUT2D eigenvalue weighted by Gasteiger charge is -2.31. The van der Waals surface area contributed by atoms with Crippen molar-refractivity contribution in [3.63, 3.8) is 0 Å². The van der Waals surface area contributed by atoms with E-state index in [1.165, 1.54) is 23.1 Å². The van der Waals surface area contributed by atoms with E-state index in [0.717, 1.165) is 38.2 Å². The average molecular weight is 491 g/mol. The van der Waals surface area contributed by atoms with Gasteiger partial charge >= 0.3 is 17.9 Å². The standard InChI is InChI=1S/C24H29F3N6O2/c1-3-35-22-28-12-20-21(29-22)33(13-16-5-7-17(8-6-16)24(25,26)27)23(34)32(20)10-4-9-31-15-18-11-19(31)14-30(18)2/h5-8,12,18-19H,3-4,9-11,13-15H2,1-2H3. The summed E-state index contributed by atoms with van der Waals surface area (Å²) in [5.74, 6) is 0. The van der Waals surface area contributed by atoms with Crippen LogP contribution in [0.25, 0.3) is 11.2 Å². The van der Waals surface area contributed by atoms with Crippen molar-refractivity contribution < 1.29 is 17.9 Å². The van der Waals surface area contributed by atoms with E-state index in [0.29, 0.717) is 42.0 Å². The van der Waals surface area contributed by atoms with Crippen LogP contribution in [0, 0.1) is 0 Å². The van der Waals surface area contributed by atoms with Crippen LogP contribution in [0.4, 0.5) is 13.2 Å². The first kappa shape index (κ1) is 23.8. The maximum Gasteiger partial charge on any atom is 0.416 e. The van der Waals surface area contributed by atoms with Crippen LogP contribution in [0.2, 0.25) is 0 Å². The fourth-order valence-electron chi connectivity index (χ4n) is 5.27. The van der Waals surface area contributed by atoms with Gasteiger partial charge in [-0.15, -0.1) is 0 Å². The SMILES string of the molecule is CCOc1ncc2c(n1)n(Cc1ccc(C(F)(F)F)cc1)c(=O)n2CCCN1CC2CC1CN2C. The Morgan fingerprint density at radius 2 is 1.86 bits per heavy atom. The number of likely N-dealkylation sites (tertiary alicyclic amines) is 2. The number of hydrogen-bond donors (Lipinski definition) is 0. The average Bonchev–Trinajstić information content (AvgIpc) is 3.46. The van der Waals surface area contributed by atoms with Gasteiger partial charge in [0.2, 0.25) is 0 Å². The Kier molecular flexibility index (Phi) is 6.30. The third-order valence-electron chi connectivity index (χ3n) is 7.09. The van der Waals surface area contributed by atoms with Crippen molar-refractivity contribution in [2.45, 2.75) is 51.1 Å². The summed E-state index contributed by atoms with van der Waals surface area (Å²) in [6.45, 7) is 5.86. The quantitative estimate of drug-likeness (QED) is 0.484. The first-order valence-electron chi connectivity index (χ1n) is 11.9. The fourth-order valence-corrected chi connectivity index (χ4v) is 5.27. The van der Waals surface area contributed by atoms with E-state index in [9.17, 15) is 18.0 Å². The van der Waals surface area contributed by atoms with Crippen LogP contribution in [-0.2, 0) is 19.3 Å². The van der Waals surface area contributed by atoms with Crippen molar-refractivity contribution in [3.05, 3.63) is 52.1 Å². The summed E-state index contributed by atoms with van der Waals surface area (Å²) >= 11 is 0. The van der Waals surface area contributed by atoms with Gasteiger partial charge in [-0.2, -0.15) is 18.2 Å². The zero-order chi connectivity index (χ0) is 24.7. The zero-order valence-corrected chi connectivity index (χ0v) is 19.8. The summed E-state index contributed by atoms with van der Waals surface area (Å²) in [5, 5.41) is 0. The molecule has 1 aromatic carbocycles. The zero-order valence-electron chi connectivity index (χ0n) is 19.8. The Balaban J connectivity index is 1.39. The number of halogens is 3. The van der Waals surface area contributed by atoms with E-state index in [4.69, 9.17) is 4.74 Å². The molecular weight excluding hydrogens is 461 g/mol. The molecular formula is C24H29F3N6O2. The highest BCUT2D eigenvalue weighted by Gasteiger charge is 2.40. The van der Waals surface area contributed by atoms with Crippen LogP contribution < -0.4 is 10.4 Å². The van der Waals surface area contributed by atoms with Gasteiger partial charge in [0.25, 0.3) is 0 Å². The summed E-state index contributed by atoms with van der Waals surface area (Å²) in [6, 6.07) is 6.21. The van der Waals surface area contributed by atoms with E-state index in [1.807, 2.05) is 6.92 Å². The predicted octanol–water partition coefficient (Wildman–Crippen LogP) is 2.84. The molecule has 3 aromatic rings. The molecule has 188 valence electrons. The second-order valence-corrected chi connectivity index (χ2v) is 9.34. The Morgan fingerprint density at radius 3 is 2.49 bits per heavy atom. The molecule has 2 atom stereocenters. The summed E-state index contributed by atoms with van der Waals surface area (Å²) in [4.78, 5) is 27.0. The van der Waals surface area contributed by atoms with Crippen LogP contribution in [0.15, 0.2) is 35.3 Å². The van der Waals surface area contributed by atoms with Crippen LogP contribution in [0.1, 0.15) is 30.9 Å². The van der Waals surface area contributed by atoms with Gasteiger partial charge in [-0.1, -0.05) is 12.1 Å². The summed E-state index contributed by atoms with van der Waals surface area (Å²) in [6.07, 6.45) is -0.809. The van der Waals surface area contributed by atoms with Gasteiger partial charge in [-0.3, -0.25) is 14.0 Å². The Labute approximate surface area is 200 Å². The van der Waals surface area contributed by atoms with Crippen molar-refractivity contribution in [1.29, 1.82) is 0 Å². The largest absolute Gasteiger partial charge is 0.464 e. The van der Waals surface area contributed by atoms with Crippen molar-refractivity contribution >= 4 is 11.2 Å². The first-order chi connectivity index (χ1) is 16.7. The van der Waals surface area contributed by atoms with Crippen LogP contribution >= 0.6 is 0 Å². The highest BCUT2D eigenvalue weighted by Crippen LogP contribution is 2.30. The van der Waals surface area contributed by atoms with E-state index in [1.54, 1.807) is 10.8 Å². The topological polar surface area (TPSA) is 68.4 Å². The number of aromatic nitrogens is 4. The number of aryl methyl sites for hydroxylation is 1. The lowest BCUT2D eigenvalue weighted by Crippen LogP contribution is -2.45. The van der Waals surface area contributed by atoms with E-state index in [2.05, 4.69) is 26.8 Å². The fraction of sp³-hybridized carbons (Fsp3) is 0.542. The van der Waals surface area contributed by atoms with Gasteiger partial charge in [-0.25, -0.2) is 9.78 Å². The molecule has 2 bridgehead atoms. The molecule has 2 saturated heterocycles. The van der Waals surface area contributed by atoms with E-state index in [-0.39, 0.29) is 18.2 Å². The number of hydrogen-bond acceptors (Lipinski definition) is 6. The minimum Gasteiger partial charge on any atom is -0.464 e. The number of benzene rings is 1. The molecule has 0 aliphatic carbocycles. The smallest absolute Gasteiger partial charge is 0.416 e. The Hall–Kier alpha value is -2.92. The molecule has 5 rings (SSSR count). The molecule has 2 aromatic heterocycles. The second kappa shape index (κ2) is 9.27. The molecule has 2 unspecified atom stereocenters. The third-order valence-corrected chi connectivity index (χ3v) is 7.09. The number of imidazole rings is 1. The molecule has 2 aliphatic heterocycles. The van der Waals surface area contributed by atoms with Crippen LogP contribution in [-0.4, -0.2) is 74.3 Å². The highest BCUT2D eigenvalue weighted by molar-refractivity contribution is 5.71. The molecule has 0 amide bonds. The van der Waals surface area contributed by atoms with Crippen molar-refractivity contribution in [2.24, 2.45) is 0 Å². The summed E-state index contributed by atoms with van der Waals surface area (Å²) < 4.78 is 47.4. The Morgan fingerprint density at radius 1 is 1.09 bits per heavy atom.